The van der Waals surface area contributed by atoms with Crippen LogP contribution in [0.15, 0.2) is 60.7 Å². The minimum atomic E-state index is 0.0539. The van der Waals surface area contributed by atoms with Gasteiger partial charge in [0.05, 0.1) is 16.9 Å². The van der Waals surface area contributed by atoms with Crippen molar-refractivity contribution in [2.24, 2.45) is 5.92 Å². The Balaban J connectivity index is 1.52. The highest BCUT2D eigenvalue weighted by Gasteiger charge is 2.33. The number of carbonyl (C=O) groups is 2. The second-order valence-corrected chi connectivity index (χ2v) is 8.47. The highest BCUT2D eigenvalue weighted by Crippen LogP contribution is 2.38. The van der Waals surface area contributed by atoms with Crippen molar-refractivity contribution in [2.45, 2.75) is 38.6 Å². The molecule has 1 fully saturated rings. The quantitative estimate of drug-likeness (QED) is 0.520. The Labute approximate surface area is 177 Å². The molecule has 0 atom stereocenters. The summed E-state index contributed by atoms with van der Waals surface area (Å²) in [5.41, 5.74) is 3.17. The Morgan fingerprint density at radius 3 is 2.47 bits per heavy atom. The molecule has 3 aromatic rings. The number of nitrogens with zero attached hydrogens (tertiary/aromatic N) is 2. The van der Waals surface area contributed by atoms with E-state index in [9.17, 15) is 9.59 Å². The zero-order chi connectivity index (χ0) is 20.5. The predicted molar refractivity (Wildman–Crippen MR) is 120 cm³/mol. The molecule has 152 valence electrons. The summed E-state index contributed by atoms with van der Waals surface area (Å²) in [4.78, 5) is 29.3. The van der Waals surface area contributed by atoms with Crippen molar-refractivity contribution in [1.82, 2.24) is 4.90 Å². The SMILES string of the molecule is O=CN(c1cccc2c1C(=O)N(CC1CCCCC1)C2)c1cccc2ccccc12. The van der Waals surface area contributed by atoms with Gasteiger partial charge >= 0.3 is 0 Å². The topological polar surface area (TPSA) is 40.6 Å². The molecule has 0 saturated heterocycles. The number of benzene rings is 3. The molecule has 1 saturated carbocycles. The Morgan fingerprint density at radius 2 is 1.63 bits per heavy atom. The Bertz CT molecular complexity index is 1100. The number of hydrogen-bond donors (Lipinski definition) is 0. The molecule has 0 radical (unpaired) electrons. The van der Waals surface area contributed by atoms with Gasteiger partial charge in [-0.25, -0.2) is 0 Å². The van der Waals surface area contributed by atoms with Gasteiger partial charge in [0.25, 0.3) is 5.91 Å². The molecule has 30 heavy (non-hydrogen) atoms. The normalized spacial score (nSPS) is 16.7. The lowest BCUT2D eigenvalue weighted by Crippen LogP contribution is -2.31. The van der Waals surface area contributed by atoms with Gasteiger partial charge in [0.15, 0.2) is 0 Å². The van der Waals surface area contributed by atoms with Gasteiger partial charge in [-0.2, -0.15) is 0 Å². The van der Waals surface area contributed by atoms with E-state index in [0.717, 1.165) is 35.0 Å². The lowest BCUT2D eigenvalue weighted by atomic mass is 9.89. The fourth-order valence-corrected chi connectivity index (χ4v) is 5.09. The van der Waals surface area contributed by atoms with E-state index < -0.39 is 0 Å². The molecule has 1 aliphatic heterocycles. The van der Waals surface area contributed by atoms with Crippen LogP contribution in [0.25, 0.3) is 10.8 Å². The third kappa shape index (κ3) is 3.26. The van der Waals surface area contributed by atoms with Crippen molar-refractivity contribution in [3.8, 4) is 0 Å². The van der Waals surface area contributed by atoms with Gasteiger partial charge in [-0.05, 0) is 41.8 Å². The summed E-state index contributed by atoms with van der Waals surface area (Å²) in [7, 11) is 0. The maximum atomic E-state index is 13.4. The van der Waals surface area contributed by atoms with Crippen molar-refractivity contribution in [2.75, 3.05) is 11.4 Å². The van der Waals surface area contributed by atoms with Crippen molar-refractivity contribution >= 4 is 34.5 Å². The van der Waals surface area contributed by atoms with Crippen LogP contribution in [0.3, 0.4) is 0 Å². The second-order valence-electron chi connectivity index (χ2n) is 8.47. The van der Waals surface area contributed by atoms with Gasteiger partial charge in [-0.1, -0.05) is 67.8 Å². The van der Waals surface area contributed by atoms with Gasteiger partial charge in [0.2, 0.25) is 6.41 Å². The van der Waals surface area contributed by atoms with Crippen molar-refractivity contribution in [3.63, 3.8) is 0 Å². The minimum absolute atomic E-state index is 0.0539. The molecular weight excluding hydrogens is 372 g/mol. The lowest BCUT2D eigenvalue weighted by Gasteiger charge is -2.27. The van der Waals surface area contributed by atoms with Crippen LogP contribution in [0, 0.1) is 5.92 Å². The molecule has 2 aliphatic rings. The summed E-state index contributed by atoms with van der Waals surface area (Å²) in [5, 5.41) is 2.06. The van der Waals surface area contributed by atoms with E-state index in [0.29, 0.717) is 23.7 Å². The Kier molecular flexibility index (Phi) is 4.99. The van der Waals surface area contributed by atoms with Gasteiger partial charge in [-0.3, -0.25) is 14.5 Å². The summed E-state index contributed by atoms with van der Waals surface area (Å²) < 4.78 is 0. The van der Waals surface area contributed by atoms with E-state index in [-0.39, 0.29) is 5.91 Å². The van der Waals surface area contributed by atoms with E-state index in [4.69, 9.17) is 0 Å². The van der Waals surface area contributed by atoms with Crippen LogP contribution in [0.1, 0.15) is 48.0 Å². The first-order valence-corrected chi connectivity index (χ1v) is 10.9. The van der Waals surface area contributed by atoms with Crippen molar-refractivity contribution < 1.29 is 9.59 Å². The number of hydrogen-bond acceptors (Lipinski definition) is 2. The molecule has 5 rings (SSSR count). The molecule has 1 heterocycles. The zero-order valence-corrected chi connectivity index (χ0v) is 17.1. The molecule has 0 aromatic heterocycles. The van der Waals surface area contributed by atoms with Gasteiger partial charge in [0.1, 0.15) is 0 Å². The zero-order valence-electron chi connectivity index (χ0n) is 17.1. The van der Waals surface area contributed by atoms with Crippen LogP contribution >= 0.6 is 0 Å². The number of carbonyl (C=O) groups excluding carboxylic acids is 2. The Hall–Kier alpha value is -3.14. The monoisotopic (exact) mass is 398 g/mol. The summed E-state index contributed by atoms with van der Waals surface area (Å²) in [5.74, 6) is 0.652. The highest BCUT2D eigenvalue weighted by atomic mass is 16.2. The van der Waals surface area contributed by atoms with Crippen molar-refractivity contribution in [1.29, 1.82) is 0 Å². The summed E-state index contributed by atoms with van der Waals surface area (Å²) in [6.07, 6.45) is 7.10. The maximum Gasteiger partial charge on any atom is 0.256 e. The third-order valence-corrected chi connectivity index (χ3v) is 6.59. The number of amides is 2. The molecule has 2 amide bonds. The largest absolute Gasteiger partial charge is 0.334 e. The summed E-state index contributed by atoms with van der Waals surface area (Å²) >= 11 is 0. The minimum Gasteiger partial charge on any atom is -0.334 e. The standard InChI is InChI=1S/C26H26N2O2/c29-18-28(23-14-6-11-20-10-4-5-13-22(20)23)24-15-7-12-21-17-27(26(30)25(21)24)16-19-8-2-1-3-9-19/h4-7,10-15,18-19H,1-3,8-9,16-17H2. The van der Waals surface area contributed by atoms with E-state index in [1.54, 1.807) is 4.90 Å². The molecule has 0 bridgehead atoms. The average Bonchev–Trinajstić information content (AvgIpc) is 3.11. The van der Waals surface area contributed by atoms with E-state index in [1.807, 2.05) is 65.6 Å². The van der Waals surface area contributed by atoms with Gasteiger partial charge < -0.3 is 4.90 Å². The molecule has 4 heteroatoms. The van der Waals surface area contributed by atoms with Gasteiger partial charge in [-0.15, -0.1) is 0 Å². The fourth-order valence-electron chi connectivity index (χ4n) is 5.09. The van der Waals surface area contributed by atoms with Gasteiger partial charge in [0, 0.05) is 18.5 Å². The van der Waals surface area contributed by atoms with Crippen LogP contribution in [-0.4, -0.2) is 23.8 Å². The van der Waals surface area contributed by atoms with Crippen molar-refractivity contribution in [3.05, 3.63) is 71.8 Å². The maximum absolute atomic E-state index is 13.4. The van der Waals surface area contributed by atoms with E-state index in [2.05, 4.69) is 0 Å². The molecule has 3 aromatic carbocycles. The predicted octanol–water partition coefficient (Wildman–Crippen LogP) is 5.67. The van der Waals surface area contributed by atoms with Crippen LogP contribution in [0.5, 0.6) is 0 Å². The molecule has 1 aliphatic carbocycles. The first-order valence-electron chi connectivity index (χ1n) is 10.9. The first kappa shape index (κ1) is 18.9. The number of fused-ring (bicyclic) bond motifs is 2. The van der Waals surface area contributed by atoms with E-state index >= 15 is 0 Å². The third-order valence-electron chi connectivity index (χ3n) is 6.59. The van der Waals surface area contributed by atoms with Crippen LogP contribution in [0.4, 0.5) is 11.4 Å². The summed E-state index contributed by atoms with van der Waals surface area (Å²) in [6.45, 7) is 1.46. The fraction of sp³-hybridized carbons (Fsp3) is 0.308. The highest BCUT2D eigenvalue weighted by molar-refractivity contribution is 6.09. The molecular formula is C26H26N2O2. The Morgan fingerprint density at radius 1 is 0.900 bits per heavy atom. The van der Waals surface area contributed by atoms with Crippen LogP contribution in [-0.2, 0) is 11.3 Å². The first-order chi connectivity index (χ1) is 14.8. The molecule has 0 unspecified atom stereocenters. The molecule has 4 nitrogen and oxygen atoms in total. The smallest absolute Gasteiger partial charge is 0.256 e. The molecule has 0 spiro atoms. The lowest BCUT2D eigenvalue weighted by molar-refractivity contribution is -0.106. The van der Waals surface area contributed by atoms with Crippen LogP contribution < -0.4 is 4.90 Å². The summed E-state index contributed by atoms with van der Waals surface area (Å²) in [6, 6.07) is 19.8. The number of rotatable bonds is 5. The second kappa shape index (κ2) is 7.94. The van der Waals surface area contributed by atoms with Crippen LogP contribution in [0.2, 0.25) is 0 Å². The molecule has 0 N–H and O–H groups in total. The number of anilines is 2. The average molecular weight is 399 g/mol. The van der Waals surface area contributed by atoms with E-state index in [1.165, 1.54) is 32.1 Å².